The zero-order valence-corrected chi connectivity index (χ0v) is 15.2. The number of carbonyl (C=O) groups is 1. The zero-order valence-electron chi connectivity index (χ0n) is 15.2. The van der Waals surface area contributed by atoms with Crippen LogP contribution in [0.4, 0.5) is 5.69 Å². The van der Waals surface area contributed by atoms with Crippen LogP contribution in [0.15, 0.2) is 42.5 Å². The van der Waals surface area contributed by atoms with Gasteiger partial charge in [-0.15, -0.1) is 0 Å². The Hall–Kier alpha value is -2.11. The number of fused-ring (bicyclic) bond motifs is 1. The number of hydrogen-bond donors (Lipinski definition) is 1. The molecular formula is C20H27N3O2. The number of quaternary nitrogens is 1. The van der Waals surface area contributed by atoms with E-state index in [0.29, 0.717) is 19.0 Å². The number of para-hydroxylation sites is 1. The van der Waals surface area contributed by atoms with Crippen molar-refractivity contribution in [2.45, 2.75) is 26.8 Å². The monoisotopic (exact) mass is 341 g/mol. The molecule has 1 aromatic carbocycles. The number of nitrogens with zero attached hydrogens (tertiary/aromatic N) is 2. The smallest absolute Gasteiger partial charge is 0.246 e. The normalized spacial score (nSPS) is 23.8. The van der Waals surface area contributed by atoms with Crippen LogP contribution in [0.5, 0.6) is 0 Å². The summed E-state index contributed by atoms with van der Waals surface area (Å²) < 4.78 is 0. The molecule has 0 radical (unpaired) electrons. The van der Waals surface area contributed by atoms with Crippen LogP contribution in [0.25, 0.3) is 5.70 Å². The van der Waals surface area contributed by atoms with E-state index in [-0.39, 0.29) is 17.0 Å². The van der Waals surface area contributed by atoms with Crippen LogP contribution in [-0.2, 0) is 4.79 Å². The Morgan fingerprint density at radius 2 is 1.92 bits per heavy atom. The van der Waals surface area contributed by atoms with Gasteiger partial charge in [0.25, 0.3) is 0 Å². The average Bonchev–Trinajstić information content (AvgIpc) is 2.63. The Morgan fingerprint density at radius 1 is 1.24 bits per heavy atom. The van der Waals surface area contributed by atoms with Crippen molar-refractivity contribution in [1.82, 2.24) is 9.80 Å². The van der Waals surface area contributed by atoms with Gasteiger partial charge in [-0.2, -0.15) is 0 Å². The number of allylic oxidation sites excluding steroid dienone is 1. The van der Waals surface area contributed by atoms with E-state index in [2.05, 4.69) is 24.8 Å². The molecule has 1 amide bonds. The van der Waals surface area contributed by atoms with E-state index in [1.54, 1.807) is 6.08 Å². The summed E-state index contributed by atoms with van der Waals surface area (Å²) in [6.45, 7) is 9.10. The highest BCUT2D eigenvalue weighted by atomic mass is 16.5. The number of benzene rings is 1. The second-order valence-electron chi connectivity index (χ2n) is 7.17. The lowest BCUT2D eigenvalue weighted by Crippen LogP contribution is -3.06. The van der Waals surface area contributed by atoms with Crippen LogP contribution in [0, 0.1) is 11.1 Å². The van der Waals surface area contributed by atoms with Gasteiger partial charge in [0.1, 0.15) is 11.7 Å². The molecule has 2 aliphatic rings. The minimum absolute atomic E-state index is 0.0925. The van der Waals surface area contributed by atoms with Gasteiger partial charge in [0.15, 0.2) is 0 Å². The van der Waals surface area contributed by atoms with Gasteiger partial charge in [-0.1, -0.05) is 32.1 Å². The van der Waals surface area contributed by atoms with Crippen LogP contribution in [0.3, 0.4) is 0 Å². The summed E-state index contributed by atoms with van der Waals surface area (Å²) in [7, 11) is 0. The summed E-state index contributed by atoms with van der Waals surface area (Å²) in [6, 6.07) is 7.74. The van der Waals surface area contributed by atoms with Crippen molar-refractivity contribution in [1.29, 1.82) is 0 Å². The van der Waals surface area contributed by atoms with Crippen molar-refractivity contribution < 1.29 is 9.86 Å². The van der Waals surface area contributed by atoms with Crippen molar-refractivity contribution in [2.24, 2.45) is 5.92 Å². The summed E-state index contributed by atoms with van der Waals surface area (Å²) in [6.07, 6.45) is 5.71. The molecule has 1 saturated heterocycles. The highest BCUT2D eigenvalue weighted by molar-refractivity contribution is 5.87. The number of amides is 1. The maximum Gasteiger partial charge on any atom is 0.246 e. The highest BCUT2D eigenvalue weighted by Crippen LogP contribution is 2.28. The van der Waals surface area contributed by atoms with E-state index in [1.165, 1.54) is 0 Å². The second kappa shape index (κ2) is 7.42. The van der Waals surface area contributed by atoms with E-state index >= 15 is 0 Å². The van der Waals surface area contributed by atoms with Crippen LogP contribution >= 0.6 is 0 Å². The Kier molecular flexibility index (Phi) is 5.25. The summed E-state index contributed by atoms with van der Waals surface area (Å²) in [5.41, 5.74) is 2.96. The van der Waals surface area contributed by atoms with Crippen molar-refractivity contribution in [3.05, 3.63) is 53.3 Å². The van der Waals surface area contributed by atoms with Gasteiger partial charge >= 0.3 is 0 Å². The van der Waals surface area contributed by atoms with E-state index < -0.39 is 0 Å². The van der Waals surface area contributed by atoms with E-state index in [9.17, 15) is 10.0 Å². The zero-order chi connectivity index (χ0) is 18.0. The standard InChI is InChI=1S/C20H27N3O2/c1-15(2)8-9-20(24)22-12-10-21(11-13-22)19-14-16(3)23(25)18-7-5-4-6-17(18)19/h4-9,14-16,23H,10-13H2,1-3H3/b9-8+. The SMILES string of the molecule is CC(C)/C=C/C(=O)N1CCN(C2=CC(C)[NH+]([O-])c3ccccc32)CC1. The predicted molar refractivity (Wildman–Crippen MR) is 100 cm³/mol. The fourth-order valence-electron chi connectivity index (χ4n) is 3.39. The number of piperazine rings is 1. The minimum Gasteiger partial charge on any atom is -0.628 e. The van der Waals surface area contributed by atoms with Gasteiger partial charge in [-0.05, 0) is 31.1 Å². The molecule has 134 valence electrons. The van der Waals surface area contributed by atoms with Crippen molar-refractivity contribution in [3.8, 4) is 0 Å². The molecule has 0 spiro atoms. The van der Waals surface area contributed by atoms with Crippen LogP contribution < -0.4 is 5.06 Å². The number of rotatable bonds is 3. The van der Waals surface area contributed by atoms with E-state index in [4.69, 9.17) is 0 Å². The lowest BCUT2D eigenvalue weighted by atomic mass is 10.0. The quantitative estimate of drug-likeness (QED) is 0.674. The van der Waals surface area contributed by atoms with Gasteiger partial charge < -0.3 is 20.1 Å². The Labute approximate surface area is 149 Å². The molecule has 2 heterocycles. The second-order valence-corrected chi connectivity index (χ2v) is 7.17. The number of carbonyl (C=O) groups excluding carboxylic acids is 1. The molecule has 1 N–H and O–H groups in total. The lowest BCUT2D eigenvalue weighted by Gasteiger charge is -2.41. The van der Waals surface area contributed by atoms with Gasteiger partial charge in [0, 0.05) is 32.2 Å². The first-order valence-electron chi connectivity index (χ1n) is 9.05. The Balaban J connectivity index is 1.71. The molecule has 0 saturated carbocycles. The summed E-state index contributed by atoms with van der Waals surface area (Å²) >= 11 is 0. The Bertz CT molecular complexity index is 688. The van der Waals surface area contributed by atoms with E-state index in [0.717, 1.165) is 30.0 Å². The lowest BCUT2D eigenvalue weighted by molar-refractivity contribution is -0.796. The third kappa shape index (κ3) is 3.78. The molecule has 2 atom stereocenters. The average molecular weight is 341 g/mol. The maximum atomic E-state index is 12.4. The third-order valence-corrected chi connectivity index (χ3v) is 4.85. The molecule has 5 nitrogen and oxygen atoms in total. The number of hydrogen-bond acceptors (Lipinski definition) is 3. The Morgan fingerprint density at radius 3 is 2.60 bits per heavy atom. The molecule has 25 heavy (non-hydrogen) atoms. The fourth-order valence-corrected chi connectivity index (χ4v) is 3.39. The van der Waals surface area contributed by atoms with Gasteiger partial charge in [-0.25, -0.2) is 0 Å². The molecule has 5 heteroatoms. The molecule has 2 aliphatic heterocycles. The first-order chi connectivity index (χ1) is 12.0. The number of hydroxylamine groups is 1. The summed E-state index contributed by atoms with van der Waals surface area (Å²) in [4.78, 5) is 16.4. The largest absolute Gasteiger partial charge is 0.628 e. The van der Waals surface area contributed by atoms with Crippen LogP contribution in [-0.4, -0.2) is 47.9 Å². The van der Waals surface area contributed by atoms with Crippen molar-refractivity contribution >= 4 is 17.3 Å². The van der Waals surface area contributed by atoms with Crippen LogP contribution in [0.1, 0.15) is 26.3 Å². The molecule has 0 aliphatic carbocycles. The molecule has 0 bridgehead atoms. The molecule has 1 fully saturated rings. The molecule has 2 unspecified atom stereocenters. The van der Waals surface area contributed by atoms with Crippen molar-refractivity contribution in [3.63, 3.8) is 0 Å². The molecular weight excluding hydrogens is 314 g/mol. The topological polar surface area (TPSA) is 51.1 Å². The predicted octanol–water partition coefficient (Wildman–Crippen LogP) is 1.80. The number of nitrogens with one attached hydrogen (secondary N) is 1. The van der Waals surface area contributed by atoms with Crippen LogP contribution in [0.2, 0.25) is 0 Å². The summed E-state index contributed by atoms with van der Waals surface area (Å²) in [5.74, 6) is 0.475. The minimum atomic E-state index is -0.0986. The van der Waals surface area contributed by atoms with Gasteiger partial charge in [0.2, 0.25) is 5.91 Å². The van der Waals surface area contributed by atoms with Gasteiger partial charge in [0.05, 0.1) is 11.3 Å². The van der Waals surface area contributed by atoms with E-state index in [1.807, 2.05) is 42.2 Å². The fraction of sp³-hybridized carbons (Fsp3) is 0.450. The molecule has 1 aromatic rings. The first-order valence-corrected chi connectivity index (χ1v) is 9.05. The highest BCUT2D eigenvalue weighted by Gasteiger charge is 2.29. The first kappa shape index (κ1) is 17.7. The summed E-state index contributed by atoms with van der Waals surface area (Å²) in [5, 5.41) is 12.6. The van der Waals surface area contributed by atoms with Crippen molar-refractivity contribution in [2.75, 3.05) is 26.2 Å². The third-order valence-electron chi connectivity index (χ3n) is 4.85. The molecule has 0 aromatic heterocycles. The molecule has 3 rings (SSSR count). The van der Waals surface area contributed by atoms with Gasteiger partial charge in [-0.3, -0.25) is 4.79 Å². The maximum absolute atomic E-state index is 12.4.